The number of hydrogen-bond acceptors (Lipinski definition) is 6. The van der Waals surface area contributed by atoms with Crippen molar-refractivity contribution in [3.8, 4) is 11.4 Å². The van der Waals surface area contributed by atoms with E-state index >= 15 is 0 Å². The van der Waals surface area contributed by atoms with E-state index in [1.165, 1.54) is 0 Å². The van der Waals surface area contributed by atoms with Gasteiger partial charge in [-0.25, -0.2) is 9.48 Å². The minimum Gasteiger partial charge on any atom is -0.484 e. The number of fused-ring (bicyclic) bond motifs is 2. The molecule has 2 aliphatic rings. The van der Waals surface area contributed by atoms with Crippen LogP contribution in [0.4, 0.5) is 10.6 Å². The summed E-state index contributed by atoms with van der Waals surface area (Å²) < 4.78 is 10.6. The molecule has 0 saturated carbocycles. The van der Waals surface area contributed by atoms with Gasteiger partial charge in [-0.2, -0.15) is 5.10 Å². The third kappa shape index (κ3) is 6.10. The van der Waals surface area contributed by atoms with E-state index in [9.17, 15) is 4.79 Å². The van der Waals surface area contributed by atoms with Crippen LogP contribution >= 0.6 is 0 Å². The summed E-state index contributed by atoms with van der Waals surface area (Å²) in [4.78, 5) is 15.9. The minimum absolute atomic E-state index is 0.140. The molecule has 3 atom stereocenters. The third-order valence-corrected chi connectivity index (χ3v) is 9.55. The zero-order chi connectivity index (χ0) is 32.9. The highest BCUT2D eigenvalue weighted by Crippen LogP contribution is 2.39. The normalized spacial score (nSPS) is 19.9. The molecule has 4 heterocycles. The molecule has 3 aromatic heterocycles. The Morgan fingerprint density at radius 2 is 1.77 bits per heavy atom. The maximum absolute atomic E-state index is 13.6. The lowest BCUT2D eigenvalue weighted by atomic mass is 9.85. The molecule has 10 heteroatoms. The van der Waals surface area contributed by atoms with E-state index in [2.05, 4.69) is 102 Å². The Bertz CT molecular complexity index is 1940. The Morgan fingerprint density at radius 1 is 0.957 bits per heavy atom. The summed E-state index contributed by atoms with van der Waals surface area (Å²) in [5.41, 5.74) is 6.86. The number of ether oxygens (including phenoxy) is 1. The number of pyridine rings is 1. The summed E-state index contributed by atoms with van der Waals surface area (Å²) in [6, 6.07) is 20.3. The number of likely N-dealkylation sites (tertiary alicyclic amines) is 1. The molecule has 2 aromatic carbocycles. The second-order valence-electron chi connectivity index (χ2n) is 14.1. The monoisotopic (exact) mass is 632 g/mol. The zero-order valence-electron chi connectivity index (χ0n) is 28.1. The van der Waals surface area contributed by atoms with Crippen LogP contribution in [-0.4, -0.2) is 48.9 Å². The van der Waals surface area contributed by atoms with E-state index in [-0.39, 0.29) is 29.6 Å². The van der Waals surface area contributed by atoms with Crippen LogP contribution in [0, 0.1) is 13.8 Å². The average molecular weight is 633 g/mol. The molecule has 2 N–H and O–H groups in total. The van der Waals surface area contributed by atoms with Gasteiger partial charge < -0.3 is 10.1 Å². The van der Waals surface area contributed by atoms with Gasteiger partial charge in [-0.1, -0.05) is 57.2 Å². The molecule has 1 saturated heterocycles. The number of anilines is 1. The number of carbonyl (C=O) groups excluding carboxylic acids is 1. The van der Waals surface area contributed by atoms with Gasteiger partial charge in [-0.05, 0) is 93.6 Å². The summed E-state index contributed by atoms with van der Waals surface area (Å²) in [5.74, 6) is 2.37. The summed E-state index contributed by atoms with van der Waals surface area (Å²) >= 11 is 0. The molecular weight excluding hydrogens is 588 g/mol. The van der Waals surface area contributed by atoms with Crippen molar-refractivity contribution in [2.24, 2.45) is 0 Å². The van der Waals surface area contributed by atoms with Crippen LogP contribution in [0.1, 0.15) is 98.4 Å². The molecule has 2 amide bonds. The number of carbonyl (C=O) groups is 1. The summed E-state index contributed by atoms with van der Waals surface area (Å²) in [6.45, 7) is 11.6. The van der Waals surface area contributed by atoms with Gasteiger partial charge in [0, 0.05) is 11.5 Å². The Labute approximate surface area is 276 Å². The van der Waals surface area contributed by atoms with E-state index in [1.54, 1.807) is 0 Å². The predicted octanol–water partition coefficient (Wildman–Crippen LogP) is 7.37. The van der Waals surface area contributed by atoms with Gasteiger partial charge in [0.2, 0.25) is 0 Å². The number of amides is 2. The molecule has 0 bridgehead atoms. The first kappa shape index (κ1) is 30.9. The largest absolute Gasteiger partial charge is 0.484 e. The number of aromatic nitrogens is 5. The highest BCUT2D eigenvalue weighted by atomic mass is 16.5. The summed E-state index contributed by atoms with van der Waals surface area (Å²) in [6.07, 6.45) is 5.61. The van der Waals surface area contributed by atoms with Crippen LogP contribution in [-0.2, 0) is 5.41 Å². The molecule has 244 valence electrons. The molecule has 47 heavy (non-hydrogen) atoms. The summed E-state index contributed by atoms with van der Waals surface area (Å²) in [7, 11) is 2.14. The van der Waals surface area contributed by atoms with Crippen LogP contribution in [0.2, 0.25) is 0 Å². The number of hydrogen-bond donors (Lipinski definition) is 2. The first-order valence-electron chi connectivity index (χ1n) is 16.6. The molecule has 1 aliphatic heterocycles. The number of aryl methyl sites for hydroxylation is 2. The standard InChI is InChI=1S/C37H44N8O2/c1-23-13-14-24(2)30(20-23)45-34(21-32(42-45)37(3,4)5)39-36(46)38-28-16-17-31(27-11-8-7-10-26(27)28)47-25-15-18-33-40-41-35(44(33)22-25)29-12-9-19-43(29)6/h7-8,10-11,13-15,18,20-22,28-29,31H,9,12,16-17,19H2,1-6H3,(H2,38,39,46)/t28-,29?,31+/m0/s1. The van der Waals surface area contributed by atoms with E-state index < -0.39 is 0 Å². The lowest BCUT2D eigenvalue weighted by Gasteiger charge is -2.32. The molecule has 1 unspecified atom stereocenters. The molecule has 10 nitrogen and oxygen atoms in total. The van der Waals surface area contributed by atoms with Gasteiger partial charge >= 0.3 is 6.03 Å². The second-order valence-corrected chi connectivity index (χ2v) is 14.1. The first-order valence-corrected chi connectivity index (χ1v) is 16.6. The van der Waals surface area contributed by atoms with Crippen molar-refractivity contribution < 1.29 is 9.53 Å². The smallest absolute Gasteiger partial charge is 0.320 e. The molecule has 1 aliphatic carbocycles. The number of urea groups is 1. The van der Waals surface area contributed by atoms with Crippen LogP contribution in [0.25, 0.3) is 11.3 Å². The van der Waals surface area contributed by atoms with Crippen LogP contribution in [0.15, 0.2) is 66.9 Å². The van der Waals surface area contributed by atoms with Crippen molar-refractivity contribution in [3.63, 3.8) is 0 Å². The Hall–Kier alpha value is -4.70. The lowest BCUT2D eigenvalue weighted by Crippen LogP contribution is -2.36. The maximum atomic E-state index is 13.6. The fourth-order valence-corrected chi connectivity index (χ4v) is 6.89. The van der Waals surface area contributed by atoms with Crippen molar-refractivity contribution in [2.45, 2.75) is 83.9 Å². The predicted molar refractivity (Wildman–Crippen MR) is 183 cm³/mol. The fraction of sp³-hybridized carbons (Fsp3) is 0.405. The molecule has 0 radical (unpaired) electrons. The highest BCUT2D eigenvalue weighted by molar-refractivity contribution is 5.89. The van der Waals surface area contributed by atoms with E-state index in [4.69, 9.17) is 9.84 Å². The lowest BCUT2D eigenvalue weighted by molar-refractivity contribution is 0.171. The number of nitrogens with one attached hydrogen (secondary N) is 2. The first-order chi connectivity index (χ1) is 22.5. The van der Waals surface area contributed by atoms with Gasteiger partial charge in [0.25, 0.3) is 0 Å². The molecular formula is C37H44N8O2. The highest BCUT2D eigenvalue weighted by Gasteiger charge is 2.31. The number of rotatable bonds is 6. The topological polar surface area (TPSA) is 102 Å². The minimum atomic E-state index is -0.265. The molecule has 7 rings (SSSR count). The van der Waals surface area contributed by atoms with Crippen LogP contribution < -0.4 is 15.4 Å². The van der Waals surface area contributed by atoms with E-state index in [1.807, 2.05) is 41.2 Å². The van der Waals surface area contributed by atoms with Crippen molar-refractivity contribution in [1.82, 2.24) is 34.6 Å². The molecule has 5 aromatic rings. The summed E-state index contributed by atoms with van der Waals surface area (Å²) in [5, 5.41) is 20.2. The van der Waals surface area contributed by atoms with Gasteiger partial charge in [0.05, 0.1) is 29.7 Å². The van der Waals surface area contributed by atoms with Gasteiger partial charge in [-0.3, -0.25) is 14.6 Å². The molecule has 1 fully saturated rings. The van der Waals surface area contributed by atoms with Crippen LogP contribution in [0.3, 0.4) is 0 Å². The SMILES string of the molecule is Cc1ccc(C)c(-n2nc(C(C)(C)C)cc2NC(=O)N[C@H]2CC[C@@H](Oc3ccc4nnc(C5CCCN5C)n4c3)c3ccccc32)c1. The fourth-order valence-electron chi connectivity index (χ4n) is 6.89. The third-order valence-electron chi connectivity index (χ3n) is 9.55. The Kier molecular flexibility index (Phi) is 8.00. The quantitative estimate of drug-likeness (QED) is 0.203. The van der Waals surface area contributed by atoms with E-state index in [0.29, 0.717) is 5.82 Å². The van der Waals surface area contributed by atoms with Crippen LogP contribution in [0.5, 0.6) is 5.75 Å². The van der Waals surface area contributed by atoms with E-state index in [0.717, 1.165) is 83.1 Å². The zero-order valence-corrected chi connectivity index (χ0v) is 28.1. The number of nitrogens with zero attached hydrogens (tertiary/aromatic N) is 6. The van der Waals surface area contributed by atoms with Crippen molar-refractivity contribution in [2.75, 3.05) is 18.9 Å². The second kappa shape index (κ2) is 12.2. The van der Waals surface area contributed by atoms with Crippen molar-refractivity contribution in [1.29, 1.82) is 0 Å². The van der Waals surface area contributed by atoms with Gasteiger partial charge in [-0.15, -0.1) is 10.2 Å². The van der Waals surface area contributed by atoms with Gasteiger partial charge in [0.15, 0.2) is 11.5 Å². The van der Waals surface area contributed by atoms with Gasteiger partial charge in [0.1, 0.15) is 17.7 Å². The maximum Gasteiger partial charge on any atom is 0.320 e. The average Bonchev–Trinajstić information content (AvgIpc) is 3.77. The Morgan fingerprint density at radius 3 is 2.53 bits per heavy atom. The molecule has 0 spiro atoms. The van der Waals surface area contributed by atoms with Crippen molar-refractivity contribution >= 4 is 17.5 Å². The van der Waals surface area contributed by atoms with Crippen molar-refractivity contribution in [3.05, 3.63) is 101 Å². The number of benzene rings is 2. The Balaban J connectivity index is 1.10.